The molecule has 0 saturated carbocycles. The first-order chi connectivity index (χ1) is 7.63. The van der Waals surface area contributed by atoms with Crippen LogP contribution in [0.3, 0.4) is 0 Å². The molecule has 5 nitrogen and oxygen atoms in total. The van der Waals surface area contributed by atoms with Crippen molar-refractivity contribution in [3.63, 3.8) is 0 Å². The normalized spacial score (nSPS) is 25.1. The fourth-order valence-electron chi connectivity index (χ4n) is 2.04. The SMILES string of the molecule is C[C@@H]1CN(c2ncnc(N)c2Cl)C[C@H]1CO. The minimum absolute atomic E-state index is 0.190. The van der Waals surface area contributed by atoms with Crippen LogP contribution in [0, 0.1) is 11.8 Å². The summed E-state index contributed by atoms with van der Waals surface area (Å²) in [4.78, 5) is 10.0. The molecule has 3 N–H and O–H groups in total. The third-order valence-electron chi connectivity index (χ3n) is 3.10. The van der Waals surface area contributed by atoms with Gasteiger partial charge >= 0.3 is 0 Å². The quantitative estimate of drug-likeness (QED) is 0.802. The first-order valence-electron chi connectivity index (χ1n) is 5.25. The summed E-state index contributed by atoms with van der Waals surface area (Å²) in [7, 11) is 0. The zero-order valence-electron chi connectivity index (χ0n) is 9.10. The number of nitrogens with two attached hydrogens (primary N) is 1. The summed E-state index contributed by atoms with van der Waals surface area (Å²) in [6.45, 7) is 3.89. The number of aliphatic hydroxyl groups is 1. The van der Waals surface area contributed by atoms with Gasteiger partial charge in [-0.15, -0.1) is 0 Å². The van der Waals surface area contributed by atoms with Gasteiger partial charge in [0, 0.05) is 25.6 Å². The van der Waals surface area contributed by atoms with Gasteiger partial charge < -0.3 is 15.7 Å². The van der Waals surface area contributed by atoms with Crippen LogP contribution >= 0.6 is 11.6 Å². The number of nitrogen functional groups attached to an aromatic ring is 1. The molecule has 1 aliphatic rings. The number of rotatable bonds is 2. The minimum atomic E-state index is 0.190. The molecule has 1 aromatic rings. The molecule has 1 aromatic heterocycles. The lowest BCUT2D eigenvalue weighted by atomic mass is 10.00. The predicted molar refractivity (Wildman–Crippen MR) is 63.4 cm³/mol. The average Bonchev–Trinajstić information content (AvgIpc) is 2.63. The molecule has 2 atom stereocenters. The second-order valence-corrected chi connectivity index (χ2v) is 4.60. The molecule has 0 amide bonds. The summed E-state index contributed by atoms with van der Waals surface area (Å²) in [6, 6.07) is 0. The lowest BCUT2D eigenvalue weighted by Crippen LogP contribution is -2.22. The molecule has 88 valence electrons. The first kappa shape index (κ1) is 11.4. The van der Waals surface area contributed by atoms with E-state index in [-0.39, 0.29) is 12.5 Å². The molecule has 0 radical (unpaired) electrons. The zero-order chi connectivity index (χ0) is 11.7. The molecular formula is C10H15ClN4O. The molecule has 2 rings (SSSR count). The van der Waals surface area contributed by atoms with E-state index in [1.54, 1.807) is 0 Å². The summed E-state index contributed by atoms with van der Waals surface area (Å²) in [6.07, 6.45) is 1.41. The molecule has 0 aliphatic carbocycles. The zero-order valence-corrected chi connectivity index (χ0v) is 9.85. The number of anilines is 2. The number of aromatic nitrogens is 2. The number of halogens is 1. The van der Waals surface area contributed by atoms with Gasteiger partial charge in [0.2, 0.25) is 0 Å². The molecule has 1 aliphatic heterocycles. The molecular weight excluding hydrogens is 228 g/mol. The summed E-state index contributed by atoms with van der Waals surface area (Å²) in [5, 5.41) is 9.60. The van der Waals surface area contributed by atoms with Crippen molar-refractivity contribution in [1.82, 2.24) is 9.97 Å². The van der Waals surface area contributed by atoms with Crippen LogP contribution in [0.5, 0.6) is 0 Å². The Morgan fingerprint density at radius 3 is 2.94 bits per heavy atom. The van der Waals surface area contributed by atoms with Gasteiger partial charge in [0.25, 0.3) is 0 Å². The highest BCUT2D eigenvalue weighted by molar-refractivity contribution is 6.35. The predicted octanol–water partition coefficient (Wildman–Crippen LogP) is 0.777. The van der Waals surface area contributed by atoms with Crippen molar-refractivity contribution in [1.29, 1.82) is 0 Å². The van der Waals surface area contributed by atoms with Crippen molar-refractivity contribution in [3.8, 4) is 0 Å². The van der Waals surface area contributed by atoms with Crippen LogP contribution < -0.4 is 10.6 Å². The van der Waals surface area contributed by atoms with Crippen LogP contribution in [0.15, 0.2) is 6.33 Å². The van der Waals surface area contributed by atoms with Crippen LogP contribution in [0.1, 0.15) is 6.92 Å². The third-order valence-corrected chi connectivity index (χ3v) is 3.46. The van der Waals surface area contributed by atoms with Crippen molar-refractivity contribution in [2.75, 3.05) is 30.3 Å². The molecule has 6 heteroatoms. The fraction of sp³-hybridized carbons (Fsp3) is 0.600. The van der Waals surface area contributed by atoms with Crippen molar-refractivity contribution in [2.24, 2.45) is 11.8 Å². The van der Waals surface area contributed by atoms with Gasteiger partial charge in [0.05, 0.1) is 0 Å². The highest BCUT2D eigenvalue weighted by atomic mass is 35.5. The van der Waals surface area contributed by atoms with Gasteiger partial charge in [-0.3, -0.25) is 0 Å². The topological polar surface area (TPSA) is 75.3 Å². The van der Waals surface area contributed by atoms with Crippen molar-refractivity contribution in [2.45, 2.75) is 6.92 Å². The Balaban J connectivity index is 2.23. The third kappa shape index (κ3) is 1.92. The highest BCUT2D eigenvalue weighted by Crippen LogP contribution is 2.32. The lowest BCUT2D eigenvalue weighted by Gasteiger charge is -2.18. The number of nitrogens with zero attached hydrogens (tertiary/aromatic N) is 3. The average molecular weight is 243 g/mol. The maximum Gasteiger partial charge on any atom is 0.153 e. The van der Waals surface area contributed by atoms with Gasteiger partial charge in [0.15, 0.2) is 5.82 Å². The monoisotopic (exact) mass is 242 g/mol. The van der Waals surface area contributed by atoms with Crippen molar-refractivity contribution in [3.05, 3.63) is 11.3 Å². The molecule has 1 fully saturated rings. The maximum absolute atomic E-state index is 9.21. The Bertz CT molecular complexity index is 387. The minimum Gasteiger partial charge on any atom is -0.396 e. The van der Waals surface area contributed by atoms with Gasteiger partial charge in [0.1, 0.15) is 17.2 Å². The molecule has 0 spiro atoms. The van der Waals surface area contributed by atoms with Crippen LogP contribution in [-0.4, -0.2) is 34.8 Å². The largest absolute Gasteiger partial charge is 0.396 e. The van der Waals surface area contributed by atoms with E-state index in [1.165, 1.54) is 6.33 Å². The Labute approximate surface area is 99.3 Å². The summed E-state index contributed by atoms with van der Waals surface area (Å²) in [5.74, 6) is 1.66. The number of hydrogen-bond acceptors (Lipinski definition) is 5. The van der Waals surface area contributed by atoms with Crippen LogP contribution in [0.25, 0.3) is 0 Å². The van der Waals surface area contributed by atoms with E-state index in [2.05, 4.69) is 16.9 Å². The van der Waals surface area contributed by atoms with Crippen molar-refractivity contribution >= 4 is 23.2 Å². The molecule has 0 unspecified atom stereocenters. The van der Waals surface area contributed by atoms with E-state index < -0.39 is 0 Å². The first-order valence-corrected chi connectivity index (χ1v) is 5.63. The summed E-state index contributed by atoms with van der Waals surface area (Å²) < 4.78 is 0. The maximum atomic E-state index is 9.21. The van der Waals surface area contributed by atoms with Gasteiger partial charge in [-0.2, -0.15) is 0 Å². The van der Waals surface area contributed by atoms with Crippen molar-refractivity contribution < 1.29 is 5.11 Å². The smallest absolute Gasteiger partial charge is 0.153 e. The van der Waals surface area contributed by atoms with E-state index in [1.807, 2.05) is 4.90 Å². The van der Waals surface area contributed by atoms with Crippen LogP contribution in [0.4, 0.5) is 11.6 Å². The standard InChI is InChI=1S/C10H15ClN4O/c1-6-2-15(3-7(6)4-16)10-8(11)9(12)13-5-14-10/h5-7,16H,2-4H2,1H3,(H2,12,13,14)/t6-,7+/m1/s1. The second kappa shape index (κ2) is 4.43. The molecule has 0 aromatic carbocycles. The van der Waals surface area contributed by atoms with E-state index in [4.69, 9.17) is 17.3 Å². The number of hydrogen-bond donors (Lipinski definition) is 2. The summed E-state index contributed by atoms with van der Waals surface area (Å²) >= 11 is 6.06. The fourth-order valence-corrected chi connectivity index (χ4v) is 2.26. The van der Waals surface area contributed by atoms with Crippen LogP contribution in [0.2, 0.25) is 5.02 Å². The second-order valence-electron chi connectivity index (χ2n) is 4.22. The Morgan fingerprint density at radius 1 is 1.56 bits per heavy atom. The molecule has 2 heterocycles. The Morgan fingerprint density at radius 2 is 2.31 bits per heavy atom. The number of aliphatic hydroxyl groups excluding tert-OH is 1. The molecule has 0 bridgehead atoms. The van der Waals surface area contributed by atoms with E-state index >= 15 is 0 Å². The summed E-state index contributed by atoms with van der Waals surface area (Å²) in [5.41, 5.74) is 5.63. The molecule has 16 heavy (non-hydrogen) atoms. The van der Waals surface area contributed by atoms with Gasteiger partial charge in [-0.05, 0) is 5.92 Å². The van der Waals surface area contributed by atoms with Crippen LogP contribution in [-0.2, 0) is 0 Å². The highest BCUT2D eigenvalue weighted by Gasteiger charge is 2.31. The van der Waals surface area contributed by atoms with E-state index in [9.17, 15) is 5.11 Å². The van der Waals surface area contributed by atoms with Gasteiger partial charge in [-0.1, -0.05) is 18.5 Å². The lowest BCUT2D eigenvalue weighted by molar-refractivity contribution is 0.212. The van der Waals surface area contributed by atoms with E-state index in [0.29, 0.717) is 22.6 Å². The van der Waals surface area contributed by atoms with Gasteiger partial charge in [-0.25, -0.2) is 9.97 Å². The molecule has 1 saturated heterocycles. The Kier molecular flexibility index (Phi) is 3.16. The Hall–Kier alpha value is -1.07. The van der Waals surface area contributed by atoms with E-state index in [0.717, 1.165) is 13.1 Å².